The standard InChI is InChI=1S/C19H14ClN3O6/c20-15-7-6-14(23(26)27)9-16(15)22-17(24)11-28-18(25)8-13-10-29-19(21-13)12-4-2-1-3-5-12/h1-7,9-10H,8,11H2,(H,22,24). The van der Waals surface area contributed by atoms with E-state index in [-0.39, 0.29) is 22.8 Å². The van der Waals surface area contributed by atoms with Crippen LogP contribution in [0.1, 0.15) is 5.69 Å². The highest BCUT2D eigenvalue weighted by atomic mass is 35.5. The molecule has 2 aromatic carbocycles. The summed E-state index contributed by atoms with van der Waals surface area (Å²) in [5.74, 6) is -1.00. The van der Waals surface area contributed by atoms with E-state index in [1.807, 2.05) is 30.3 Å². The fourth-order valence-corrected chi connectivity index (χ4v) is 2.52. The maximum Gasteiger partial charge on any atom is 0.312 e. The molecule has 1 heterocycles. The number of rotatable bonds is 7. The molecule has 0 aliphatic rings. The molecule has 148 valence electrons. The Kier molecular flexibility index (Phi) is 6.20. The third-order valence-corrected chi connectivity index (χ3v) is 4.03. The number of anilines is 1. The van der Waals surface area contributed by atoms with Crippen LogP contribution in [0.25, 0.3) is 11.5 Å². The number of aromatic nitrogens is 1. The highest BCUT2D eigenvalue weighted by Crippen LogP contribution is 2.26. The van der Waals surface area contributed by atoms with Gasteiger partial charge in [0, 0.05) is 17.7 Å². The molecule has 0 saturated heterocycles. The number of oxazole rings is 1. The lowest BCUT2D eigenvalue weighted by Gasteiger charge is -2.07. The molecule has 1 amide bonds. The van der Waals surface area contributed by atoms with Crippen molar-refractivity contribution in [3.63, 3.8) is 0 Å². The molecule has 0 aliphatic carbocycles. The topological polar surface area (TPSA) is 125 Å². The Morgan fingerprint density at radius 3 is 2.69 bits per heavy atom. The van der Waals surface area contributed by atoms with Crippen molar-refractivity contribution in [1.29, 1.82) is 0 Å². The number of carbonyl (C=O) groups is 2. The van der Waals surface area contributed by atoms with Gasteiger partial charge in [0.05, 0.1) is 27.7 Å². The number of nitrogens with zero attached hydrogens (tertiary/aromatic N) is 2. The van der Waals surface area contributed by atoms with E-state index in [0.29, 0.717) is 11.6 Å². The largest absolute Gasteiger partial charge is 0.455 e. The molecule has 0 fully saturated rings. The second-order valence-electron chi connectivity index (χ2n) is 5.82. The fraction of sp³-hybridized carbons (Fsp3) is 0.105. The number of amides is 1. The summed E-state index contributed by atoms with van der Waals surface area (Å²) in [6.07, 6.45) is 1.16. The van der Waals surface area contributed by atoms with Gasteiger partial charge >= 0.3 is 5.97 Å². The van der Waals surface area contributed by atoms with Crippen LogP contribution in [0.3, 0.4) is 0 Å². The SMILES string of the molecule is O=C(COC(=O)Cc1coc(-c2ccccc2)n1)Nc1cc([N+](=O)[O-])ccc1Cl. The van der Waals surface area contributed by atoms with Gasteiger partial charge in [-0.05, 0) is 18.2 Å². The van der Waals surface area contributed by atoms with Crippen LogP contribution in [0.5, 0.6) is 0 Å². The van der Waals surface area contributed by atoms with Crippen molar-refractivity contribution in [2.24, 2.45) is 0 Å². The van der Waals surface area contributed by atoms with Crippen LogP contribution in [0.4, 0.5) is 11.4 Å². The molecular weight excluding hydrogens is 402 g/mol. The van der Waals surface area contributed by atoms with Gasteiger partial charge in [0.15, 0.2) is 6.61 Å². The Bertz CT molecular complexity index is 1050. The monoisotopic (exact) mass is 415 g/mol. The van der Waals surface area contributed by atoms with Gasteiger partial charge in [-0.3, -0.25) is 19.7 Å². The molecule has 3 rings (SSSR count). The maximum atomic E-state index is 11.9. The lowest BCUT2D eigenvalue weighted by Crippen LogP contribution is -2.22. The molecule has 1 aromatic heterocycles. The van der Waals surface area contributed by atoms with E-state index in [1.165, 1.54) is 18.4 Å². The lowest BCUT2D eigenvalue weighted by atomic mass is 10.2. The molecule has 0 aliphatic heterocycles. The van der Waals surface area contributed by atoms with Crippen molar-refractivity contribution < 1.29 is 23.7 Å². The van der Waals surface area contributed by atoms with Gasteiger partial charge in [-0.1, -0.05) is 29.8 Å². The summed E-state index contributed by atoms with van der Waals surface area (Å²) in [4.78, 5) is 38.3. The maximum absolute atomic E-state index is 11.9. The lowest BCUT2D eigenvalue weighted by molar-refractivity contribution is -0.384. The number of ether oxygens (including phenoxy) is 1. The average Bonchev–Trinajstić information content (AvgIpc) is 3.17. The molecule has 29 heavy (non-hydrogen) atoms. The Morgan fingerprint density at radius 1 is 1.21 bits per heavy atom. The first kappa shape index (κ1) is 20.0. The molecule has 0 bridgehead atoms. The molecule has 0 atom stereocenters. The van der Waals surface area contributed by atoms with Crippen LogP contribution in [0.2, 0.25) is 5.02 Å². The number of nitro benzene ring substituents is 1. The van der Waals surface area contributed by atoms with E-state index in [4.69, 9.17) is 20.8 Å². The molecule has 9 nitrogen and oxygen atoms in total. The van der Waals surface area contributed by atoms with Crippen LogP contribution in [-0.2, 0) is 20.7 Å². The van der Waals surface area contributed by atoms with Gasteiger partial charge in [-0.15, -0.1) is 0 Å². The first-order valence-electron chi connectivity index (χ1n) is 8.31. The van der Waals surface area contributed by atoms with Crippen LogP contribution in [0.15, 0.2) is 59.2 Å². The highest BCUT2D eigenvalue weighted by Gasteiger charge is 2.15. The van der Waals surface area contributed by atoms with Crippen LogP contribution < -0.4 is 5.32 Å². The van der Waals surface area contributed by atoms with E-state index in [0.717, 1.165) is 11.6 Å². The summed E-state index contributed by atoms with van der Waals surface area (Å²) < 4.78 is 10.2. The smallest absolute Gasteiger partial charge is 0.312 e. The summed E-state index contributed by atoms with van der Waals surface area (Å²) in [6, 6.07) is 12.8. The van der Waals surface area contributed by atoms with Gasteiger partial charge < -0.3 is 14.5 Å². The van der Waals surface area contributed by atoms with Crippen molar-refractivity contribution in [2.75, 3.05) is 11.9 Å². The van der Waals surface area contributed by atoms with Crippen molar-refractivity contribution in [2.45, 2.75) is 6.42 Å². The molecular formula is C19H14ClN3O6. The van der Waals surface area contributed by atoms with Gasteiger partial charge in [0.25, 0.3) is 11.6 Å². The van der Waals surface area contributed by atoms with Gasteiger partial charge in [-0.25, -0.2) is 4.98 Å². The number of non-ortho nitro benzene ring substituents is 1. The average molecular weight is 416 g/mol. The van der Waals surface area contributed by atoms with E-state index in [2.05, 4.69) is 10.3 Å². The van der Waals surface area contributed by atoms with Gasteiger partial charge in [0.1, 0.15) is 6.26 Å². The highest BCUT2D eigenvalue weighted by molar-refractivity contribution is 6.33. The summed E-state index contributed by atoms with van der Waals surface area (Å²) in [5.41, 5.74) is 0.934. The first-order chi connectivity index (χ1) is 13.9. The van der Waals surface area contributed by atoms with Crippen LogP contribution in [-0.4, -0.2) is 28.4 Å². The van der Waals surface area contributed by atoms with Crippen molar-refractivity contribution in [3.05, 3.63) is 75.6 Å². The predicted octanol–water partition coefficient (Wildman–Crippen LogP) is 3.63. The predicted molar refractivity (Wildman–Crippen MR) is 103 cm³/mol. The van der Waals surface area contributed by atoms with Crippen LogP contribution >= 0.6 is 11.6 Å². The zero-order chi connectivity index (χ0) is 20.8. The first-order valence-corrected chi connectivity index (χ1v) is 8.69. The third-order valence-electron chi connectivity index (χ3n) is 3.70. The third kappa shape index (κ3) is 5.39. The molecule has 3 aromatic rings. The number of halogens is 1. The molecule has 0 saturated carbocycles. The summed E-state index contributed by atoms with van der Waals surface area (Å²) in [6.45, 7) is -0.582. The summed E-state index contributed by atoms with van der Waals surface area (Å²) in [7, 11) is 0. The Hall–Kier alpha value is -3.72. The Morgan fingerprint density at radius 2 is 1.97 bits per heavy atom. The quantitative estimate of drug-likeness (QED) is 0.355. The second kappa shape index (κ2) is 8.98. The summed E-state index contributed by atoms with van der Waals surface area (Å²) >= 11 is 5.90. The number of nitro groups is 1. The molecule has 10 heteroatoms. The minimum absolute atomic E-state index is 0.0471. The number of esters is 1. The van der Waals surface area contributed by atoms with Gasteiger partial charge in [-0.2, -0.15) is 0 Å². The van der Waals surface area contributed by atoms with E-state index >= 15 is 0 Å². The van der Waals surface area contributed by atoms with Crippen molar-refractivity contribution in [3.8, 4) is 11.5 Å². The number of carbonyl (C=O) groups excluding carboxylic acids is 2. The zero-order valence-electron chi connectivity index (χ0n) is 14.8. The molecule has 0 unspecified atom stereocenters. The number of hydrogen-bond donors (Lipinski definition) is 1. The molecule has 0 radical (unpaired) electrons. The Balaban J connectivity index is 1.52. The van der Waals surface area contributed by atoms with Crippen LogP contribution in [0, 0.1) is 10.1 Å². The number of nitrogens with one attached hydrogen (secondary N) is 1. The molecule has 0 spiro atoms. The second-order valence-corrected chi connectivity index (χ2v) is 6.22. The fourth-order valence-electron chi connectivity index (χ4n) is 2.36. The zero-order valence-corrected chi connectivity index (χ0v) is 15.6. The van der Waals surface area contributed by atoms with Gasteiger partial charge in [0.2, 0.25) is 5.89 Å². The number of benzene rings is 2. The normalized spacial score (nSPS) is 10.4. The summed E-state index contributed by atoms with van der Waals surface area (Å²) in [5, 5.41) is 13.3. The van der Waals surface area contributed by atoms with E-state index in [9.17, 15) is 19.7 Å². The minimum Gasteiger partial charge on any atom is -0.455 e. The minimum atomic E-state index is -0.689. The van der Waals surface area contributed by atoms with Crippen molar-refractivity contribution in [1.82, 2.24) is 4.98 Å². The van der Waals surface area contributed by atoms with Crippen molar-refractivity contribution >= 4 is 34.9 Å². The van der Waals surface area contributed by atoms with E-state index in [1.54, 1.807) is 0 Å². The Labute approximate surface area is 169 Å². The number of hydrogen-bond acceptors (Lipinski definition) is 7. The van der Waals surface area contributed by atoms with E-state index < -0.39 is 23.4 Å². The molecule has 1 N–H and O–H groups in total.